The van der Waals surface area contributed by atoms with Gasteiger partial charge < -0.3 is 0 Å². The van der Waals surface area contributed by atoms with Crippen LogP contribution < -0.4 is 0 Å². The second-order valence-electron chi connectivity index (χ2n) is 3.70. The van der Waals surface area contributed by atoms with Crippen LogP contribution in [-0.2, 0) is 31.1 Å². The third-order valence-corrected chi connectivity index (χ3v) is 4.15. The largest absolute Gasteiger partial charge is 0.147 e. The molecule has 0 saturated heterocycles. The summed E-state index contributed by atoms with van der Waals surface area (Å²) in [6, 6.07) is 10.7. The van der Waals surface area contributed by atoms with Crippen LogP contribution in [0.25, 0.3) is 0 Å². The summed E-state index contributed by atoms with van der Waals surface area (Å²) in [6.07, 6.45) is 4.67. The summed E-state index contributed by atoms with van der Waals surface area (Å²) in [7, 11) is 0. The van der Waals surface area contributed by atoms with Gasteiger partial charge in [-0.15, -0.1) is 24.8 Å². The molecule has 0 radical (unpaired) electrons. The summed E-state index contributed by atoms with van der Waals surface area (Å²) in [6.45, 7) is 2.26. The molecule has 0 bridgehead atoms. The SMILES string of the molecule is CC1=[C]([Zr])CC=C1Cc1ccccc1.Cl.Cl. The predicted octanol–water partition coefficient (Wildman–Crippen LogP) is 4.22. The van der Waals surface area contributed by atoms with Gasteiger partial charge >= 0.3 is 101 Å². The van der Waals surface area contributed by atoms with Gasteiger partial charge in [-0.3, -0.25) is 0 Å². The number of allylic oxidation sites excluding steroid dienone is 4. The van der Waals surface area contributed by atoms with Crippen LogP contribution >= 0.6 is 24.8 Å². The number of rotatable bonds is 2. The van der Waals surface area contributed by atoms with Gasteiger partial charge in [-0.1, -0.05) is 0 Å². The average Bonchev–Trinajstić information content (AvgIpc) is 2.52. The molecule has 0 nitrogen and oxygen atoms in total. The predicted molar refractivity (Wildman–Crippen MR) is 70.0 cm³/mol. The summed E-state index contributed by atoms with van der Waals surface area (Å²) in [5.74, 6) is 0. The van der Waals surface area contributed by atoms with Crippen molar-refractivity contribution in [2.75, 3.05) is 0 Å². The fourth-order valence-electron chi connectivity index (χ4n) is 1.75. The van der Waals surface area contributed by atoms with Gasteiger partial charge in [-0.05, 0) is 0 Å². The third kappa shape index (κ3) is 3.88. The van der Waals surface area contributed by atoms with Crippen molar-refractivity contribution in [3.8, 4) is 0 Å². The molecule has 0 N–H and O–H groups in total. The van der Waals surface area contributed by atoms with E-state index in [0.717, 1.165) is 6.42 Å². The Morgan fingerprint density at radius 2 is 1.75 bits per heavy atom. The summed E-state index contributed by atoms with van der Waals surface area (Å²) >= 11 is 1.57. The Hall–Kier alpha value is 0.163. The van der Waals surface area contributed by atoms with Crippen LogP contribution in [0.5, 0.6) is 0 Å². The molecule has 1 aliphatic carbocycles. The first-order valence-corrected chi connectivity index (χ1v) is 6.15. The topological polar surface area (TPSA) is 0 Å². The molecule has 0 atom stereocenters. The monoisotopic (exact) mass is 331 g/mol. The fraction of sp³-hybridized carbons (Fsp3) is 0.231. The zero-order chi connectivity index (χ0) is 9.97. The molecule has 2 rings (SSSR count). The van der Waals surface area contributed by atoms with Crippen molar-refractivity contribution in [3.05, 3.63) is 56.4 Å². The van der Waals surface area contributed by atoms with Gasteiger partial charge in [-0.2, -0.15) is 0 Å². The number of benzene rings is 1. The van der Waals surface area contributed by atoms with E-state index in [2.05, 4.69) is 43.3 Å². The second-order valence-corrected chi connectivity index (χ2v) is 5.18. The maximum Gasteiger partial charge on any atom is -0.147 e. The van der Waals surface area contributed by atoms with Crippen molar-refractivity contribution in [1.29, 1.82) is 0 Å². The van der Waals surface area contributed by atoms with Crippen molar-refractivity contribution < 1.29 is 24.7 Å². The van der Waals surface area contributed by atoms with Gasteiger partial charge in [0, 0.05) is 0 Å². The molecule has 3 heteroatoms. The van der Waals surface area contributed by atoms with Crippen molar-refractivity contribution in [1.82, 2.24) is 0 Å². The summed E-state index contributed by atoms with van der Waals surface area (Å²) in [4.78, 5) is 0. The van der Waals surface area contributed by atoms with Crippen LogP contribution in [0, 0.1) is 0 Å². The molecule has 0 saturated carbocycles. The minimum absolute atomic E-state index is 0. The first-order valence-electron chi connectivity index (χ1n) is 4.92. The van der Waals surface area contributed by atoms with E-state index in [1.54, 1.807) is 28.0 Å². The Bertz CT molecular complexity index is 394. The molecule has 16 heavy (non-hydrogen) atoms. The zero-order valence-corrected chi connectivity index (χ0v) is 13.3. The molecule has 0 heterocycles. The van der Waals surface area contributed by atoms with E-state index in [4.69, 9.17) is 0 Å². The van der Waals surface area contributed by atoms with Crippen molar-refractivity contribution >= 4 is 24.8 Å². The molecule has 1 aliphatic rings. The molecule has 85 valence electrons. The molecule has 0 aromatic heterocycles. The second kappa shape index (κ2) is 7.48. The average molecular weight is 333 g/mol. The van der Waals surface area contributed by atoms with Crippen LogP contribution in [0.4, 0.5) is 0 Å². The maximum atomic E-state index is 2.38. The smallest absolute Gasteiger partial charge is 0.147 e. The Balaban J connectivity index is 0.00000112. The number of hydrogen-bond donors (Lipinski definition) is 0. The standard InChI is InChI=1S/C13H13.2ClH.Zr/c1-11-6-5-9-13(11)10-12-7-3-2-4-8-12;;;/h2-4,7-9H,5,10H2,1H3;2*1H;. The Morgan fingerprint density at radius 1 is 1.12 bits per heavy atom. The van der Waals surface area contributed by atoms with E-state index in [9.17, 15) is 0 Å². The van der Waals surface area contributed by atoms with Gasteiger partial charge in [-0.25, -0.2) is 0 Å². The number of halogens is 2. The first-order chi connectivity index (χ1) is 6.77. The first kappa shape index (κ1) is 16.2. The maximum absolute atomic E-state index is 2.38. The van der Waals surface area contributed by atoms with Crippen LogP contribution in [-0.4, -0.2) is 0 Å². The van der Waals surface area contributed by atoms with Crippen LogP contribution in [0.3, 0.4) is 0 Å². The molecule has 0 amide bonds. The minimum Gasteiger partial charge on any atom is -0.147 e. The molecule has 1 aromatic rings. The van der Waals surface area contributed by atoms with Crippen molar-refractivity contribution in [3.63, 3.8) is 0 Å². The van der Waals surface area contributed by atoms with Gasteiger partial charge in [0.25, 0.3) is 0 Å². The van der Waals surface area contributed by atoms with Gasteiger partial charge in [0.05, 0.1) is 0 Å². The van der Waals surface area contributed by atoms with Crippen molar-refractivity contribution in [2.24, 2.45) is 0 Å². The van der Waals surface area contributed by atoms with Crippen LogP contribution in [0.1, 0.15) is 18.9 Å². The zero-order valence-electron chi connectivity index (χ0n) is 9.19. The quantitative estimate of drug-likeness (QED) is 0.760. The molecule has 0 unspecified atom stereocenters. The summed E-state index contributed by atoms with van der Waals surface area (Å²) < 4.78 is 1.61. The minimum atomic E-state index is 0. The Labute approximate surface area is 125 Å². The van der Waals surface area contributed by atoms with Gasteiger partial charge in [0.15, 0.2) is 0 Å². The molecular weight excluding hydrogens is 318 g/mol. The third-order valence-electron chi connectivity index (χ3n) is 2.72. The number of hydrogen-bond acceptors (Lipinski definition) is 0. The van der Waals surface area contributed by atoms with E-state index >= 15 is 0 Å². The van der Waals surface area contributed by atoms with E-state index in [0.29, 0.717) is 0 Å². The normalized spacial score (nSPS) is 13.9. The van der Waals surface area contributed by atoms with Crippen molar-refractivity contribution in [2.45, 2.75) is 19.8 Å². The summed E-state index contributed by atoms with van der Waals surface area (Å²) in [5, 5.41) is 0. The molecule has 0 spiro atoms. The Morgan fingerprint density at radius 3 is 2.25 bits per heavy atom. The van der Waals surface area contributed by atoms with Gasteiger partial charge in [0.2, 0.25) is 0 Å². The molecule has 1 aromatic carbocycles. The van der Waals surface area contributed by atoms with Crippen LogP contribution in [0.2, 0.25) is 0 Å². The van der Waals surface area contributed by atoms with E-state index in [1.807, 2.05) is 0 Å². The summed E-state index contributed by atoms with van der Waals surface area (Å²) in [5.41, 5.74) is 4.48. The van der Waals surface area contributed by atoms with Crippen LogP contribution in [0.15, 0.2) is 50.8 Å². The van der Waals surface area contributed by atoms with E-state index in [1.165, 1.54) is 23.1 Å². The Kier molecular flexibility index (Phi) is 7.56. The van der Waals surface area contributed by atoms with Gasteiger partial charge in [0.1, 0.15) is 0 Å². The molecule has 0 aliphatic heterocycles. The van der Waals surface area contributed by atoms with E-state index in [-0.39, 0.29) is 24.8 Å². The van der Waals surface area contributed by atoms with E-state index < -0.39 is 0 Å². The fourth-order valence-corrected chi connectivity index (χ4v) is 2.39. The molecule has 0 fully saturated rings. The molecular formula is C13H15Cl2Zr.